The molecule has 0 amide bonds. The third kappa shape index (κ3) is 1.21. The Morgan fingerprint density at radius 3 is 1.91 bits per heavy atom. The van der Waals surface area contributed by atoms with E-state index in [9.17, 15) is 0 Å². The molecule has 1 saturated carbocycles. The highest BCUT2D eigenvalue weighted by Gasteiger charge is 2.55. The Kier molecular flexibility index (Phi) is 2.32. The lowest BCUT2D eigenvalue weighted by Crippen LogP contribution is -2.20. The van der Waals surface area contributed by atoms with Crippen LogP contribution in [0.3, 0.4) is 0 Å². The minimum atomic E-state index is 0.717. The van der Waals surface area contributed by atoms with Crippen molar-refractivity contribution in [1.29, 1.82) is 0 Å². The van der Waals surface area contributed by atoms with Crippen LogP contribution in [0.15, 0.2) is 0 Å². The normalized spacial score (nSPS) is 39.3. The molecule has 1 rings (SSSR count). The molecular formula is C11H22. The molecule has 0 nitrogen and oxygen atoms in total. The van der Waals surface area contributed by atoms with Crippen LogP contribution in [-0.2, 0) is 0 Å². The van der Waals surface area contributed by atoms with Crippen LogP contribution in [0.1, 0.15) is 47.5 Å². The SMILES string of the molecule is CCC(C)C1(C(C)C)CC1C. The van der Waals surface area contributed by atoms with Gasteiger partial charge in [0.05, 0.1) is 0 Å². The first-order valence-electron chi connectivity index (χ1n) is 5.05. The van der Waals surface area contributed by atoms with E-state index < -0.39 is 0 Å². The summed E-state index contributed by atoms with van der Waals surface area (Å²) in [6.45, 7) is 11.9. The largest absolute Gasteiger partial charge is 0.0651 e. The third-order valence-corrected chi connectivity index (χ3v) is 4.02. The molecule has 3 unspecified atom stereocenters. The van der Waals surface area contributed by atoms with Gasteiger partial charge in [-0.1, -0.05) is 41.0 Å². The first kappa shape index (κ1) is 9.09. The average molecular weight is 154 g/mol. The van der Waals surface area contributed by atoms with Gasteiger partial charge in [0.1, 0.15) is 0 Å². The molecule has 66 valence electrons. The van der Waals surface area contributed by atoms with Crippen molar-refractivity contribution in [2.45, 2.75) is 47.5 Å². The molecule has 0 aliphatic heterocycles. The van der Waals surface area contributed by atoms with E-state index in [1.54, 1.807) is 0 Å². The van der Waals surface area contributed by atoms with Crippen molar-refractivity contribution in [2.24, 2.45) is 23.2 Å². The average Bonchev–Trinajstić information content (AvgIpc) is 2.61. The summed E-state index contributed by atoms with van der Waals surface area (Å²) in [5.74, 6) is 2.79. The van der Waals surface area contributed by atoms with Crippen molar-refractivity contribution in [3.8, 4) is 0 Å². The van der Waals surface area contributed by atoms with E-state index in [-0.39, 0.29) is 0 Å². The predicted octanol–water partition coefficient (Wildman–Crippen LogP) is 3.71. The van der Waals surface area contributed by atoms with Crippen molar-refractivity contribution in [1.82, 2.24) is 0 Å². The maximum absolute atomic E-state index is 2.42. The summed E-state index contributed by atoms with van der Waals surface area (Å²) in [6.07, 6.45) is 2.82. The smallest absolute Gasteiger partial charge is 0.0220 e. The molecule has 0 heteroatoms. The minimum absolute atomic E-state index is 0.717. The van der Waals surface area contributed by atoms with E-state index in [0.717, 1.165) is 23.2 Å². The Morgan fingerprint density at radius 2 is 1.82 bits per heavy atom. The highest BCUT2D eigenvalue weighted by molar-refractivity contribution is 5.04. The Labute approximate surface area is 71.4 Å². The standard InChI is InChI=1S/C11H22/c1-6-9(4)11(8(2)3)7-10(11)5/h8-10H,6-7H2,1-5H3. The van der Waals surface area contributed by atoms with E-state index in [2.05, 4.69) is 34.6 Å². The molecule has 1 aliphatic rings. The highest BCUT2D eigenvalue weighted by Crippen LogP contribution is 2.62. The number of rotatable bonds is 3. The summed E-state index contributed by atoms with van der Waals surface area (Å²) < 4.78 is 0. The van der Waals surface area contributed by atoms with Gasteiger partial charge in [0.15, 0.2) is 0 Å². The molecule has 11 heavy (non-hydrogen) atoms. The fourth-order valence-electron chi connectivity index (χ4n) is 2.91. The van der Waals surface area contributed by atoms with Crippen molar-refractivity contribution in [3.63, 3.8) is 0 Å². The molecule has 1 fully saturated rings. The van der Waals surface area contributed by atoms with E-state index in [1.165, 1.54) is 12.8 Å². The van der Waals surface area contributed by atoms with Gasteiger partial charge in [-0.25, -0.2) is 0 Å². The monoisotopic (exact) mass is 154 g/mol. The van der Waals surface area contributed by atoms with E-state index >= 15 is 0 Å². The zero-order valence-corrected chi connectivity index (χ0v) is 8.65. The van der Waals surface area contributed by atoms with Crippen LogP contribution in [0.25, 0.3) is 0 Å². The zero-order valence-electron chi connectivity index (χ0n) is 8.65. The van der Waals surface area contributed by atoms with Crippen molar-refractivity contribution in [2.75, 3.05) is 0 Å². The van der Waals surface area contributed by atoms with Crippen LogP contribution in [0, 0.1) is 23.2 Å². The van der Waals surface area contributed by atoms with E-state index in [0.29, 0.717) is 0 Å². The van der Waals surface area contributed by atoms with Gasteiger partial charge in [0, 0.05) is 0 Å². The first-order valence-corrected chi connectivity index (χ1v) is 5.05. The fraction of sp³-hybridized carbons (Fsp3) is 1.00. The molecule has 0 bridgehead atoms. The van der Waals surface area contributed by atoms with Gasteiger partial charge >= 0.3 is 0 Å². The van der Waals surface area contributed by atoms with Gasteiger partial charge in [-0.2, -0.15) is 0 Å². The number of hydrogen-bond acceptors (Lipinski definition) is 0. The van der Waals surface area contributed by atoms with Gasteiger partial charge < -0.3 is 0 Å². The Morgan fingerprint density at radius 1 is 1.36 bits per heavy atom. The van der Waals surface area contributed by atoms with Crippen LogP contribution in [0.4, 0.5) is 0 Å². The van der Waals surface area contributed by atoms with Crippen LogP contribution in [-0.4, -0.2) is 0 Å². The van der Waals surface area contributed by atoms with Crippen molar-refractivity contribution >= 4 is 0 Å². The second-order valence-corrected chi connectivity index (χ2v) is 4.68. The third-order valence-electron chi connectivity index (χ3n) is 4.02. The van der Waals surface area contributed by atoms with Gasteiger partial charge in [0.25, 0.3) is 0 Å². The predicted molar refractivity (Wildman–Crippen MR) is 50.5 cm³/mol. The molecule has 1 aliphatic carbocycles. The maximum atomic E-state index is 2.42. The Bertz CT molecular complexity index is 137. The van der Waals surface area contributed by atoms with Crippen LogP contribution < -0.4 is 0 Å². The topological polar surface area (TPSA) is 0 Å². The molecule has 0 radical (unpaired) electrons. The first-order chi connectivity index (χ1) is 5.05. The van der Waals surface area contributed by atoms with Gasteiger partial charge in [-0.05, 0) is 29.6 Å². The summed E-state index contributed by atoms with van der Waals surface area (Å²) in [5, 5.41) is 0. The molecule has 0 saturated heterocycles. The Hall–Kier alpha value is 0. The molecule has 0 aromatic heterocycles. The zero-order chi connectivity index (χ0) is 8.65. The van der Waals surface area contributed by atoms with E-state index in [1.807, 2.05) is 0 Å². The second-order valence-electron chi connectivity index (χ2n) is 4.68. The quantitative estimate of drug-likeness (QED) is 0.581. The molecular weight excluding hydrogens is 132 g/mol. The van der Waals surface area contributed by atoms with Gasteiger partial charge in [0.2, 0.25) is 0 Å². The summed E-state index contributed by atoms with van der Waals surface area (Å²) in [7, 11) is 0. The fourth-order valence-corrected chi connectivity index (χ4v) is 2.91. The molecule has 0 aromatic carbocycles. The lowest BCUT2D eigenvalue weighted by Gasteiger charge is -2.27. The van der Waals surface area contributed by atoms with Gasteiger partial charge in [-0.15, -0.1) is 0 Å². The summed E-state index contributed by atoms with van der Waals surface area (Å²) >= 11 is 0. The Balaban J connectivity index is 2.63. The van der Waals surface area contributed by atoms with Crippen LogP contribution in [0.2, 0.25) is 0 Å². The molecule has 3 atom stereocenters. The molecule has 0 spiro atoms. The molecule has 0 aromatic rings. The molecule has 0 N–H and O–H groups in total. The molecule has 0 heterocycles. The van der Waals surface area contributed by atoms with Crippen LogP contribution in [0.5, 0.6) is 0 Å². The van der Waals surface area contributed by atoms with Crippen LogP contribution >= 0.6 is 0 Å². The summed E-state index contributed by atoms with van der Waals surface area (Å²) in [5.41, 5.74) is 0.717. The van der Waals surface area contributed by atoms with Crippen molar-refractivity contribution < 1.29 is 0 Å². The summed E-state index contributed by atoms with van der Waals surface area (Å²) in [4.78, 5) is 0. The maximum Gasteiger partial charge on any atom is -0.0220 e. The van der Waals surface area contributed by atoms with Crippen molar-refractivity contribution in [3.05, 3.63) is 0 Å². The summed E-state index contributed by atoms with van der Waals surface area (Å²) in [6, 6.07) is 0. The highest BCUT2D eigenvalue weighted by atomic mass is 14.6. The number of hydrogen-bond donors (Lipinski definition) is 0. The van der Waals surface area contributed by atoms with E-state index in [4.69, 9.17) is 0 Å². The second kappa shape index (κ2) is 2.80. The minimum Gasteiger partial charge on any atom is -0.0651 e. The van der Waals surface area contributed by atoms with Gasteiger partial charge in [-0.3, -0.25) is 0 Å². The lowest BCUT2D eigenvalue weighted by atomic mass is 9.78. The lowest BCUT2D eigenvalue weighted by molar-refractivity contribution is 0.215.